The molecule has 0 aliphatic carbocycles. The Morgan fingerprint density at radius 3 is 2.62 bits per heavy atom. The molecule has 1 aliphatic heterocycles. The van der Waals surface area contributed by atoms with E-state index in [9.17, 15) is 13.2 Å². The Labute approximate surface area is 122 Å². The van der Waals surface area contributed by atoms with Gasteiger partial charge in [-0.1, -0.05) is 6.92 Å². The summed E-state index contributed by atoms with van der Waals surface area (Å²) in [6.45, 7) is 4.90. The number of aromatic nitrogens is 3. The number of nitrogens with one attached hydrogen (secondary N) is 1. The SMILES string of the molecule is Cc1n[nH]c(=O)c2cc(S(=O)(=O)N3CCC(C)CC3)cn12. The lowest BCUT2D eigenvalue weighted by atomic mass is 10.0. The Morgan fingerprint density at radius 1 is 1.33 bits per heavy atom. The first-order valence-electron chi connectivity index (χ1n) is 6.97. The highest BCUT2D eigenvalue weighted by Crippen LogP contribution is 2.24. The molecule has 1 fully saturated rings. The van der Waals surface area contributed by atoms with Crippen LogP contribution in [0, 0.1) is 12.8 Å². The molecular weight excluding hydrogens is 292 g/mol. The topological polar surface area (TPSA) is 87.5 Å². The number of H-pyrrole nitrogens is 1. The second-order valence-electron chi connectivity index (χ2n) is 5.62. The standard InChI is InChI=1S/C13H18N4O3S/c1-9-3-5-16(6-4-9)21(19,20)11-7-12-13(18)15-14-10(2)17(12)8-11/h7-9H,3-6H2,1-2H3,(H,15,18). The van der Waals surface area contributed by atoms with E-state index < -0.39 is 15.6 Å². The molecule has 21 heavy (non-hydrogen) atoms. The van der Waals surface area contributed by atoms with Gasteiger partial charge in [0.2, 0.25) is 10.0 Å². The van der Waals surface area contributed by atoms with Crippen molar-refractivity contribution < 1.29 is 8.42 Å². The van der Waals surface area contributed by atoms with E-state index in [1.54, 1.807) is 6.92 Å². The number of aryl methyl sites for hydroxylation is 1. The van der Waals surface area contributed by atoms with Crippen molar-refractivity contribution in [2.45, 2.75) is 31.6 Å². The highest BCUT2D eigenvalue weighted by molar-refractivity contribution is 7.89. The average molecular weight is 310 g/mol. The van der Waals surface area contributed by atoms with Crippen molar-refractivity contribution in [2.24, 2.45) is 5.92 Å². The van der Waals surface area contributed by atoms with Crippen molar-refractivity contribution >= 4 is 15.5 Å². The first-order chi connectivity index (χ1) is 9.89. The maximum absolute atomic E-state index is 12.7. The van der Waals surface area contributed by atoms with Gasteiger partial charge in [-0.2, -0.15) is 9.40 Å². The molecule has 1 aliphatic rings. The van der Waals surface area contributed by atoms with Crippen molar-refractivity contribution in [1.29, 1.82) is 0 Å². The summed E-state index contributed by atoms with van der Waals surface area (Å²) in [5, 5.41) is 6.20. The number of aromatic amines is 1. The first-order valence-corrected chi connectivity index (χ1v) is 8.41. The van der Waals surface area contributed by atoms with Crippen LogP contribution in [0.5, 0.6) is 0 Å². The second-order valence-corrected chi connectivity index (χ2v) is 7.56. The normalized spacial score (nSPS) is 18.4. The number of nitrogens with zero attached hydrogens (tertiary/aromatic N) is 3. The van der Waals surface area contributed by atoms with E-state index in [1.165, 1.54) is 21.0 Å². The van der Waals surface area contributed by atoms with Crippen molar-refractivity contribution in [3.05, 3.63) is 28.4 Å². The zero-order valence-electron chi connectivity index (χ0n) is 12.0. The molecule has 0 amide bonds. The Balaban J connectivity index is 2.05. The minimum absolute atomic E-state index is 0.152. The fourth-order valence-electron chi connectivity index (χ4n) is 2.64. The molecule has 0 aromatic carbocycles. The fourth-order valence-corrected chi connectivity index (χ4v) is 4.13. The molecule has 0 radical (unpaired) electrons. The Bertz CT molecular complexity index is 829. The van der Waals surface area contributed by atoms with Gasteiger partial charge in [0.25, 0.3) is 5.56 Å². The smallest absolute Gasteiger partial charge is 0.288 e. The lowest BCUT2D eigenvalue weighted by molar-refractivity contribution is 0.288. The third-order valence-electron chi connectivity index (χ3n) is 4.08. The molecule has 1 saturated heterocycles. The molecular formula is C13H18N4O3S. The molecule has 0 bridgehead atoms. The molecule has 3 rings (SSSR count). The maximum Gasteiger partial charge on any atom is 0.288 e. The van der Waals surface area contributed by atoms with E-state index in [0.29, 0.717) is 30.3 Å². The van der Waals surface area contributed by atoms with Crippen LogP contribution in [0.1, 0.15) is 25.6 Å². The molecule has 114 valence electrons. The van der Waals surface area contributed by atoms with E-state index in [4.69, 9.17) is 0 Å². The summed E-state index contributed by atoms with van der Waals surface area (Å²) in [6.07, 6.45) is 3.21. The van der Waals surface area contributed by atoms with Crippen LogP contribution in [-0.2, 0) is 10.0 Å². The zero-order valence-corrected chi connectivity index (χ0v) is 12.9. The van der Waals surface area contributed by atoms with Crippen LogP contribution in [0.4, 0.5) is 0 Å². The minimum atomic E-state index is -3.55. The molecule has 7 nitrogen and oxygen atoms in total. The van der Waals surface area contributed by atoms with E-state index in [0.717, 1.165) is 12.8 Å². The largest absolute Gasteiger partial charge is 0.298 e. The van der Waals surface area contributed by atoms with E-state index in [2.05, 4.69) is 17.1 Å². The monoisotopic (exact) mass is 310 g/mol. The Kier molecular flexibility index (Phi) is 3.37. The molecule has 8 heteroatoms. The summed E-state index contributed by atoms with van der Waals surface area (Å²) in [7, 11) is -3.55. The molecule has 2 aromatic rings. The molecule has 0 spiro atoms. The number of sulfonamides is 1. The number of piperidine rings is 1. The maximum atomic E-state index is 12.7. The zero-order chi connectivity index (χ0) is 15.2. The number of fused-ring (bicyclic) bond motifs is 1. The van der Waals surface area contributed by atoms with E-state index >= 15 is 0 Å². The molecule has 0 unspecified atom stereocenters. The number of hydrogen-bond donors (Lipinski definition) is 1. The summed E-state index contributed by atoms with van der Waals surface area (Å²) in [5.41, 5.74) is -0.0965. The molecule has 3 heterocycles. The van der Waals surface area contributed by atoms with Gasteiger partial charge in [0.05, 0.1) is 0 Å². The van der Waals surface area contributed by atoms with Gasteiger partial charge < -0.3 is 0 Å². The lowest BCUT2D eigenvalue weighted by Gasteiger charge is -2.28. The minimum Gasteiger partial charge on any atom is -0.298 e. The predicted octanol–water partition coefficient (Wildman–Crippen LogP) is 0.752. The van der Waals surface area contributed by atoms with Crippen LogP contribution in [0.2, 0.25) is 0 Å². The van der Waals surface area contributed by atoms with Crippen LogP contribution in [0.15, 0.2) is 22.0 Å². The van der Waals surface area contributed by atoms with Crippen LogP contribution < -0.4 is 5.56 Å². The van der Waals surface area contributed by atoms with Gasteiger partial charge >= 0.3 is 0 Å². The van der Waals surface area contributed by atoms with Crippen molar-refractivity contribution in [3.63, 3.8) is 0 Å². The van der Waals surface area contributed by atoms with Gasteiger partial charge in [-0.3, -0.25) is 9.20 Å². The van der Waals surface area contributed by atoms with Crippen molar-refractivity contribution in [1.82, 2.24) is 18.9 Å². The van der Waals surface area contributed by atoms with E-state index in [1.807, 2.05) is 0 Å². The predicted molar refractivity (Wildman–Crippen MR) is 77.7 cm³/mol. The Morgan fingerprint density at radius 2 is 2.00 bits per heavy atom. The van der Waals surface area contributed by atoms with Gasteiger partial charge in [-0.15, -0.1) is 0 Å². The fraction of sp³-hybridized carbons (Fsp3) is 0.538. The molecule has 0 saturated carbocycles. The van der Waals surface area contributed by atoms with Crippen LogP contribution in [0.3, 0.4) is 0 Å². The summed E-state index contributed by atoms with van der Waals surface area (Å²) < 4.78 is 28.3. The third kappa shape index (κ3) is 2.38. The van der Waals surface area contributed by atoms with Gasteiger partial charge in [-0.05, 0) is 31.7 Å². The summed E-state index contributed by atoms with van der Waals surface area (Å²) >= 11 is 0. The molecule has 2 aromatic heterocycles. The highest BCUT2D eigenvalue weighted by Gasteiger charge is 2.29. The Hall–Kier alpha value is -1.67. The van der Waals surface area contributed by atoms with Crippen LogP contribution in [-0.4, -0.2) is 40.4 Å². The average Bonchev–Trinajstić information content (AvgIpc) is 2.91. The van der Waals surface area contributed by atoms with Crippen LogP contribution in [0.25, 0.3) is 5.52 Å². The number of rotatable bonds is 2. The third-order valence-corrected chi connectivity index (χ3v) is 5.94. The van der Waals surface area contributed by atoms with E-state index in [-0.39, 0.29) is 4.90 Å². The van der Waals surface area contributed by atoms with Gasteiger partial charge in [-0.25, -0.2) is 13.5 Å². The first kappa shape index (κ1) is 14.3. The van der Waals surface area contributed by atoms with Gasteiger partial charge in [0, 0.05) is 19.3 Å². The molecule has 0 atom stereocenters. The molecule has 1 N–H and O–H groups in total. The van der Waals surface area contributed by atoms with Crippen molar-refractivity contribution in [2.75, 3.05) is 13.1 Å². The van der Waals surface area contributed by atoms with Crippen LogP contribution >= 0.6 is 0 Å². The van der Waals surface area contributed by atoms with Gasteiger partial charge in [0.15, 0.2) is 0 Å². The van der Waals surface area contributed by atoms with Crippen molar-refractivity contribution in [3.8, 4) is 0 Å². The quantitative estimate of drug-likeness (QED) is 0.886. The number of hydrogen-bond acceptors (Lipinski definition) is 4. The lowest BCUT2D eigenvalue weighted by Crippen LogP contribution is -2.37. The summed E-state index contributed by atoms with van der Waals surface area (Å²) in [5.74, 6) is 1.09. The summed E-state index contributed by atoms with van der Waals surface area (Å²) in [4.78, 5) is 11.9. The summed E-state index contributed by atoms with van der Waals surface area (Å²) in [6, 6.07) is 1.42. The highest BCUT2D eigenvalue weighted by atomic mass is 32.2. The van der Waals surface area contributed by atoms with Gasteiger partial charge in [0.1, 0.15) is 16.2 Å². The second kappa shape index (κ2) is 4.96.